The van der Waals surface area contributed by atoms with Crippen LogP contribution in [-0.4, -0.2) is 21.4 Å². The number of carboxylic acid groups (broad SMARTS) is 1. The summed E-state index contributed by atoms with van der Waals surface area (Å²) in [6, 6.07) is 29.1. The molecule has 0 heterocycles. The Bertz CT molecular complexity index is 858. The fraction of sp³-hybridized carbons (Fsp3) is 0.208. The van der Waals surface area contributed by atoms with Crippen molar-refractivity contribution in [1.82, 2.24) is 0 Å². The van der Waals surface area contributed by atoms with Gasteiger partial charge in [-0.3, -0.25) is 4.79 Å². The van der Waals surface area contributed by atoms with Gasteiger partial charge >= 0.3 is 5.97 Å². The molecule has 3 aromatic rings. The van der Waals surface area contributed by atoms with Crippen molar-refractivity contribution in [1.29, 1.82) is 0 Å². The lowest BCUT2D eigenvalue weighted by Crippen LogP contribution is -2.66. The van der Waals surface area contributed by atoms with Gasteiger partial charge in [-0.15, -0.1) is 0 Å². The number of hydrogen-bond acceptors (Lipinski definition) is 3. The molecule has 3 nitrogen and oxygen atoms in total. The highest BCUT2D eigenvalue weighted by Gasteiger charge is 2.52. The third-order valence-electron chi connectivity index (χ3n) is 5.22. The second kappa shape index (κ2) is 8.63. The third-order valence-corrected chi connectivity index (χ3v) is 5.93. The third kappa shape index (κ3) is 4.46. The van der Waals surface area contributed by atoms with Crippen molar-refractivity contribution >= 4 is 18.6 Å². The van der Waals surface area contributed by atoms with Crippen molar-refractivity contribution in [2.75, 3.05) is 0 Å². The van der Waals surface area contributed by atoms with Gasteiger partial charge in [0.05, 0.1) is 4.75 Å². The van der Waals surface area contributed by atoms with Crippen molar-refractivity contribution in [3.8, 4) is 0 Å². The summed E-state index contributed by atoms with van der Waals surface area (Å²) < 4.78 is -0.989. The Kier molecular flexibility index (Phi) is 6.22. The zero-order chi connectivity index (χ0) is 20.0. The smallest absolute Gasteiger partial charge is 0.325 e. The van der Waals surface area contributed by atoms with Crippen LogP contribution >= 0.6 is 12.6 Å². The first-order valence-corrected chi connectivity index (χ1v) is 9.74. The quantitative estimate of drug-likeness (QED) is 0.505. The SMILES string of the molecule is N[C@](Cc1ccccc1)(C(=O)O)C(S)(Cc1ccccc1)Cc1ccccc1. The largest absolute Gasteiger partial charge is 0.480 e. The number of rotatable bonds is 8. The summed E-state index contributed by atoms with van der Waals surface area (Å²) >= 11 is 4.99. The van der Waals surface area contributed by atoms with E-state index in [0.29, 0.717) is 12.8 Å². The first-order valence-electron chi connectivity index (χ1n) is 9.29. The van der Waals surface area contributed by atoms with Crippen molar-refractivity contribution < 1.29 is 9.90 Å². The molecule has 0 aromatic heterocycles. The molecule has 4 heteroatoms. The summed E-state index contributed by atoms with van der Waals surface area (Å²) in [4.78, 5) is 12.5. The molecule has 0 fully saturated rings. The highest BCUT2D eigenvalue weighted by atomic mass is 32.1. The van der Waals surface area contributed by atoms with Gasteiger partial charge in [0, 0.05) is 6.42 Å². The molecule has 0 aliphatic rings. The van der Waals surface area contributed by atoms with Gasteiger partial charge in [0.1, 0.15) is 5.54 Å². The van der Waals surface area contributed by atoms with E-state index in [1.807, 2.05) is 91.0 Å². The van der Waals surface area contributed by atoms with Crippen molar-refractivity contribution in [3.05, 3.63) is 108 Å². The number of carboxylic acids is 1. The molecule has 3 N–H and O–H groups in total. The molecule has 0 aliphatic heterocycles. The zero-order valence-electron chi connectivity index (χ0n) is 15.7. The average molecular weight is 392 g/mol. The van der Waals surface area contributed by atoms with Crippen LogP contribution in [0, 0.1) is 0 Å². The van der Waals surface area contributed by atoms with Crippen LogP contribution in [-0.2, 0) is 24.1 Å². The molecule has 28 heavy (non-hydrogen) atoms. The highest BCUT2D eigenvalue weighted by Crippen LogP contribution is 2.37. The Morgan fingerprint density at radius 1 is 0.714 bits per heavy atom. The zero-order valence-corrected chi connectivity index (χ0v) is 16.6. The Hall–Kier alpha value is -2.56. The molecule has 0 saturated carbocycles. The lowest BCUT2D eigenvalue weighted by Gasteiger charge is -2.43. The lowest BCUT2D eigenvalue weighted by atomic mass is 9.72. The monoisotopic (exact) mass is 391 g/mol. The number of carbonyl (C=O) groups is 1. The molecule has 0 radical (unpaired) electrons. The summed E-state index contributed by atoms with van der Waals surface area (Å²) in [5.41, 5.74) is 8.02. The van der Waals surface area contributed by atoms with E-state index in [1.54, 1.807) is 0 Å². The fourth-order valence-corrected chi connectivity index (χ4v) is 4.14. The molecule has 0 aliphatic carbocycles. The minimum atomic E-state index is -1.55. The Balaban J connectivity index is 2.04. The maximum absolute atomic E-state index is 12.5. The molecule has 3 rings (SSSR count). The molecule has 0 saturated heterocycles. The molecule has 0 spiro atoms. The lowest BCUT2D eigenvalue weighted by molar-refractivity contribution is -0.144. The second-order valence-corrected chi connectivity index (χ2v) is 8.15. The van der Waals surface area contributed by atoms with E-state index in [0.717, 1.165) is 16.7 Å². The highest BCUT2D eigenvalue weighted by molar-refractivity contribution is 7.82. The minimum absolute atomic E-state index is 0.201. The summed E-state index contributed by atoms with van der Waals surface area (Å²) in [6.07, 6.45) is 1.09. The van der Waals surface area contributed by atoms with Crippen LogP contribution in [0.1, 0.15) is 16.7 Å². The number of thiol groups is 1. The van der Waals surface area contributed by atoms with Crippen molar-refractivity contribution in [2.45, 2.75) is 29.5 Å². The molecule has 144 valence electrons. The normalized spacial score (nSPS) is 13.6. The molecular formula is C24H25NO2S. The molecular weight excluding hydrogens is 366 g/mol. The Labute approximate surface area is 171 Å². The predicted molar refractivity (Wildman–Crippen MR) is 117 cm³/mol. The molecule has 0 amide bonds. The second-order valence-electron chi connectivity index (χ2n) is 7.30. The standard InChI is InChI=1S/C24H25NO2S/c25-24(22(26)27,18-21-14-8-3-9-15-21)23(28,16-19-10-4-1-5-11-19)17-20-12-6-2-7-13-20/h1-15,28H,16-18,25H2,(H,26,27)/t24-/m1/s1. The van der Waals surface area contributed by atoms with Gasteiger partial charge < -0.3 is 10.8 Å². The number of aliphatic carboxylic acids is 1. The first kappa shape index (κ1) is 20.2. The van der Waals surface area contributed by atoms with Gasteiger partial charge in [-0.25, -0.2) is 0 Å². The molecule has 3 aromatic carbocycles. The molecule has 0 bridgehead atoms. The van der Waals surface area contributed by atoms with Crippen LogP contribution in [0.4, 0.5) is 0 Å². The van der Waals surface area contributed by atoms with Crippen LogP contribution in [0.5, 0.6) is 0 Å². The van der Waals surface area contributed by atoms with E-state index in [9.17, 15) is 9.90 Å². The number of benzene rings is 3. The summed E-state index contributed by atoms with van der Waals surface area (Å²) in [5.74, 6) is -1.04. The minimum Gasteiger partial charge on any atom is -0.480 e. The van der Waals surface area contributed by atoms with E-state index in [-0.39, 0.29) is 6.42 Å². The Morgan fingerprint density at radius 3 is 1.36 bits per heavy atom. The maximum atomic E-state index is 12.5. The number of hydrogen-bond donors (Lipinski definition) is 3. The fourth-order valence-electron chi connectivity index (χ4n) is 3.60. The summed E-state index contributed by atoms with van der Waals surface area (Å²) in [5, 5.41) is 10.2. The van der Waals surface area contributed by atoms with Crippen molar-refractivity contribution in [2.24, 2.45) is 5.73 Å². The van der Waals surface area contributed by atoms with Gasteiger partial charge in [0.2, 0.25) is 0 Å². The topological polar surface area (TPSA) is 63.3 Å². The molecule has 1 atom stereocenters. The van der Waals surface area contributed by atoms with Gasteiger partial charge in [-0.1, -0.05) is 91.0 Å². The van der Waals surface area contributed by atoms with E-state index in [2.05, 4.69) is 0 Å². The first-order chi connectivity index (χ1) is 13.4. The number of nitrogens with two attached hydrogens (primary N) is 1. The molecule has 0 unspecified atom stereocenters. The van der Waals surface area contributed by atoms with Gasteiger partial charge in [-0.05, 0) is 29.5 Å². The van der Waals surface area contributed by atoms with Crippen LogP contribution in [0.3, 0.4) is 0 Å². The van der Waals surface area contributed by atoms with E-state index >= 15 is 0 Å². The van der Waals surface area contributed by atoms with Crippen LogP contribution in [0.15, 0.2) is 91.0 Å². The van der Waals surface area contributed by atoms with Crippen LogP contribution in [0.2, 0.25) is 0 Å². The van der Waals surface area contributed by atoms with Crippen LogP contribution in [0.25, 0.3) is 0 Å². The maximum Gasteiger partial charge on any atom is 0.325 e. The van der Waals surface area contributed by atoms with Crippen molar-refractivity contribution in [3.63, 3.8) is 0 Å². The van der Waals surface area contributed by atoms with E-state index < -0.39 is 16.3 Å². The predicted octanol–water partition coefficient (Wildman–Crippen LogP) is 4.17. The van der Waals surface area contributed by atoms with Crippen LogP contribution < -0.4 is 5.73 Å². The van der Waals surface area contributed by atoms with Gasteiger partial charge in [-0.2, -0.15) is 12.6 Å². The van der Waals surface area contributed by atoms with Gasteiger partial charge in [0.25, 0.3) is 0 Å². The van der Waals surface area contributed by atoms with E-state index in [4.69, 9.17) is 18.4 Å². The average Bonchev–Trinajstić information content (AvgIpc) is 2.70. The van der Waals surface area contributed by atoms with Gasteiger partial charge in [0.15, 0.2) is 0 Å². The Morgan fingerprint density at radius 2 is 1.04 bits per heavy atom. The van der Waals surface area contributed by atoms with E-state index in [1.165, 1.54) is 0 Å². The summed E-state index contributed by atoms with van der Waals surface area (Å²) in [6.45, 7) is 0. The summed E-state index contributed by atoms with van der Waals surface area (Å²) in [7, 11) is 0.